The number of halogens is 1. The number of hydrogen-bond acceptors (Lipinski definition) is 3. The Hall–Kier alpha value is -1.35. The number of hydrogen-bond donors (Lipinski definition) is 3. The molecule has 0 unspecified atom stereocenters. The van der Waals surface area contributed by atoms with Gasteiger partial charge in [-0.05, 0) is 25.5 Å². The molecule has 6 nitrogen and oxygen atoms in total. The first-order valence-corrected chi connectivity index (χ1v) is 7.78. The molecule has 7 heteroatoms. The van der Waals surface area contributed by atoms with Crippen LogP contribution in [0, 0.1) is 0 Å². The maximum atomic E-state index is 5.03. The van der Waals surface area contributed by atoms with Crippen molar-refractivity contribution in [1.82, 2.24) is 20.6 Å². The fourth-order valence-corrected chi connectivity index (χ4v) is 2.16. The number of aliphatic imine (C=N–C) groups is 1. The molecule has 0 amide bonds. The molecule has 0 aliphatic carbocycles. The first-order chi connectivity index (χ1) is 10.8. The van der Waals surface area contributed by atoms with Gasteiger partial charge in [0.05, 0.1) is 11.0 Å². The number of para-hydroxylation sites is 2. The lowest BCUT2D eigenvalue weighted by Gasteiger charge is -2.10. The van der Waals surface area contributed by atoms with Gasteiger partial charge in [0.25, 0.3) is 0 Å². The van der Waals surface area contributed by atoms with Gasteiger partial charge in [0.15, 0.2) is 5.96 Å². The van der Waals surface area contributed by atoms with Crippen LogP contribution in [0.15, 0.2) is 29.3 Å². The molecule has 23 heavy (non-hydrogen) atoms. The number of aromatic amines is 1. The lowest BCUT2D eigenvalue weighted by atomic mass is 10.3. The Labute approximate surface area is 154 Å². The first kappa shape index (κ1) is 19.7. The summed E-state index contributed by atoms with van der Waals surface area (Å²) < 4.78 is 5.03. The first-order valence-electron chi connectivity index (χ1n) is 7.78. The maximum absolute atomic E-state index is 5.03. The van der Waals surface area contributed by atoms with Crippen molar-refractivity contribution in [2.24, 2.45) is 4.99 Å². The van der Waals surface area contributed by atoms with Crippen LogP contribution in [0.1, 0.15) is 19.2 Å². The minimum atomic E-state index is 0. The molecule has 0 spiro atoms. The topological polar surface area (TPSA) is 74.3 Å². The molecule has 0 saturated carbocycles. The van der Waals surface area contributed by atoms with Gasteiger partial charge in [-0.1, -0.05) is 12.1 Å². The second kappa shape index (κ2) is 11.2. The standard InChI is InChI=1S/C16H25N5O.HI/c1-3-17-16(18-10-6-12-22-2)19-11-9-15-20-13-7-4-5-8-14(13)21-15;/h4-5,7-8H,3,6,9-12H2,1-2H3,(H,20,21)(H2,17,18,19);1H. The van der Waals surface area contributed by atoms with E-state index >= 15 is 0 Å². The molecule has 0 aliphatic heterocycles. The number of ether oxygens (including phenoxy) is 1. The zero-order valence-electron chi connectivity index (χ0n) is 13.8. The van der Waals surface area contributed by atoms with Crippen molar-refractivity contribution in [3.63, 3.8) is 0 Å². The van der Waals surface area contributed by atoms with Crippen LogP contribution < -0.4 is 10.6 Å². The van der Waals surface area contributed by atoms with E-state index in [1.54, 1.807) is 7.11 Å². The second-order valence-corrected chi connectivity index (χ2v) is 4.98. The molecular formula is C16H26IN5O. The Balaban J connectivity index is 0.00000264. The third-order valence-corrected chi connectivity index (χ3v) is 3.21. The summed E-state index contributed by atoms with van der Waals surface area (Å²) in [5.74, 6) is 1.83. The number of imidazole rings is 1. The molecule has 0 bridgehead atoms. The SMILES string of the molecule is CCNC(=NCCCOC)NCCc1nc2ccccc2[nH]1.I. The molecule has 3 N–H and O–H groups in total. The summed E-state index contributed by atoms with van der Waals surface area (Å²) in [5, 5.41) is 6.57. The predicted octanol–water partition coefficient (Wildman–Crippen LogP) is 2.31. The number of nitrogens with one attached hydrogen (secondary N) is 3. The van der Waals surface area contributed by atoms with Gasteiger partial charge in [-0.3, -0.25) is 4.99 Å². The predicted molar refractivity (Wildman–Crippen MR) is 106 cm³/mol. The van der Waals surface area contributed by atoms with E-state index in [9.17, 15) is 0 Å². The highest BCUT2D eigenvalue weighted by molar-refractivity contribution is 14.0. The van der Waals surface area contributed by atoms with E-state index in [-0.39, 0.29) is 24.0 Å². The van der Waals surface area contributed by atoms with Gasteiger partial charge in [-0.15, -0.1) is 24.0 Å². The number of aromatic nitrogens is 2. The molecule has 0 aliphatic rings. The number of H-pyrrole nitrogens is 1. The molecule has 0 fully saturated rings. The zero-order chi connectivity index (χ0) is 15.6. The van der Waals surface area contributed by atoms with Crippen LogP contribution in [-0.4, -0.2) is 49.3 Å². The maximum Gasteiger partial charge on any atom is 0.191 e. The summed E-state index contributed by atoms with van der Waals surface area (Å²) in [5.41, 5.74) is 2.09. The molecule has 1 aromatic heterocycles. The fraction of sp³-hybridized carbons (Fsp3) is 0.500. The van der Waals surface area contributed by atoms with Gasteiger partial charge in [0.2, 0.25) is 0 Å². The average Bonchev–Trinajstić information content (AvgIpc) is 2.94. The number of benzene rings is 1. The van der Waals surface area contributed by atoms with Crippen molar-refractivity contribution in [3.8, 4) is 0 Å². The number of guanidine groups is 1. The quantitative estimate of drug-likeness (QED) is 0.260. The smallest absolute Gasteiger partial charge is 0.191 e. The van der Waals surface area contributed by atoms with Crippen LogP contribution in [0.3, 0.4) is 0 Å². The van der Waals surface area contributed by atoms with Gasteiger partial charge in [-0.2, -0.15) is 0 Å². The van der Waals surface area contributed by atoms with Crippen molar-refractivity contribution in [2.45, 2.75) is 19.8 Å². The Bertz CT molecular complexity index is 566. The summed E-state index contributed by atoms with van der Waals surface area (Å²) in [4.78, 5) is 12.4. The largest absolute Gasteiger partial charge is 0.385 e. The molecule has 1 aromatic carbocycles. The molecule has 1 heterocycles. The van der Waals surface area contributed by atoms with Gasteiger partial charge in [0, 0.05) is 39.8 Å². The summed E-state index contributed by atoms with van der Waals surface area (Å²) in [7, 11) is 1.71. The van der Waals surface area contributed by atoms with Crippen molar-refractivity contribution in [3.05, 3.63) is 30.1 Å². The zero-order valence-corrected chi connectivity index (χ0v) is 16.1. The Morgan fingerprint density at radius 3 is 2.87 bits per heavy atom. The lowest BCUT2D eigenvalue weighted by Crippen LogP contribution is -2.38. The molecule has 2 rings (SSSR count). The minimum Gasteiger partial charge on any atom is -0.385 e. The highest BCUT2D eigenvalue weighted by atomic mass is 127. The summed E-state index contributed by atoms with van der Waals surface area (Å²) >= 11 is 0. The number of methoxy groups -OCH3 is 1. The van der Waals surface area contributed by atoms with E-state index in [1.807, 2.05) is 24.3 Å². The van der Waals surface area contributed by atoms with Gasteiger partial charge in [0.1, 0.15) is 5.82 Å². The molecule has 128 valence electrons. The number of fused-ring (bicyclic) bond motifs is 1. The number of nitrogens with zero attached hydrogens (tertiary/aromatic N) is 2. The van der Waals surface area contributed by atoms with Crippen molar-refractivity contribution in [1.29, 1.82) is 0 Å². The molecule has 2 aromatic rings. The van der Waals surface area contributed by atoms with Crippen LogP contribution in [0.5, 0.6) is 0 Å². The number of rotatable bonds is 8. The molecular weight excluding hydrogens is 405 g/mol. The van der Waals surface area contributed by atoms with Gasteiger partial charge < -0.3 is 20.4 Å². The van der Waals surface area contributed by atoms with Crippen molar-refractivity contribution < 1.29 is 4.74 Å². The van der Waals surface area contributed by atoms with E-state index in [4.69, 9.17) is 4.74 Å². The minimum absolute atomic E-state index is 0. The van der Waals surface area contributed by atoms with E-state index in [0.717, 1.165) is 61.9 Å². The second-order valence-electron chi connectivity index (χ2n) is 4.98. The highest BCUT2D eigenvalue weighted by Crippen LogP contribution is 2.10. The molecule has 0 atom stereocenters. The highest BCUT2D eigenvalue weighted by Gasteiger charge is 2.02. The van der Waals surface area contributed by atoms with E-state index in [0.29, 0.717) is 0 Å². The summed E-state index contributed by atoms with van der Waals surface area (Å²) in [6, 6.07) is 8.07. The van der Waals surface area contributed by atoms with Crippen molar-refractivity contribution in [2.75, 3.05) is 33.4 Å². The van der Waals surface area contributed by atoms with Crippen LogP contribution >= 0.6 is 24.0 Å². The Morgan fingerprint density at radius 1 is 1.30 bits per heavy atom. The monoisotopic (exact) mass is 431 g/mol. The van der Waals surface area contributed by atoms with E-state index in [2.05, 4.69) is 32.5 Å². The lowest BCUT2D eigenvalue weighted by molar-refractivity contribution is 0.197. The van der Waals surface area contributed by atoms with Gasteiger partial charge >= 0.3 is 0 Å². The third-order valence-electron chi connectivity index (χ3n) is 3.21. The average molecular weight is 431 g/mol. The summed E-state index contributed by atoms with van der Waals surface area (Å²) in [6.07, 6.45) is 1.76. The van der Waals surface area contributed by atoms with Gasteiger partial charge in [-0.25, -0.2) is 4.98 Å². The Morgan fingerprint density at radius 2 is 2.13 bits per heavy atom. The van der Waals surface area contributed by atoms with Crippen LogP contribution in [0.25, 0.3) is 11.0 Å². The Kier molecular flexibility index (Phi) is 9.61. The fourth-order valence-electron chi connectivity index (χ4n) is 2.16. The van der Waals surface area contributed by atoms with E-state index < -0.39 is 0 Å². The normalized spacial score (nSPS) is 11.3. The van der Waals surface area contributed by atoms with Crippen LogP contribution in [0.2, 0.25) is 0 Å². The van der Waals surface area contributed by atoms with E-state index in [1.165, 1.54) is 0 Å². The molecule has 0 radical (unpaired) electrons. The summed E-state index contributed by atoms with van der Waals surface area (Å²) in [6.45, 7) is 5.19. The van der Waals surface area contributed by atoms with Crippen molar-refractivity contribution >= 4 is 41.0 Å². The van der Waals surface area contributed by atoms with Crippen LogP contribution in [0.4, 0.5) is 0 Å². The van der Waals surface area contributed by atoms with Crippen LogP contribution in [-0.2, 0) is 11.2 Å². The molecule has 0 saturated heterocycles. The third kappa shape index (κ3) is 6.74.